The first-order valence-electron chi connectivity index (χ1n) is 8.61. The summed E-state index contributed by atoms with van der Waals surface area (Å²) >= 11 is 5.31. The van der Waals surface area contributed by atoms with Crippen LogP contribution < -0.4 is 4.74 Å². The maximum absolute atomic E-state index is 6.36. The van der Waals surface area contributed by atoms with Crippen LogP contribution in [0.25, 0.3) is 0 Å². The highest BCUT2D eigenvalue weighted by molar-refractivity contribution is 9.10. The van der Waals surface area contributed by atoms with Gasteiger partial charge in [0.2, 0.25) is 6.23 Å². The lowest BCUT2D eigenvalue weighted by Gasteiger charge is -2.37. The summed E-state index contributed by atoms with van der Waals surface area (Å²) < 4.78 is 7.42. The van der Waals surface area contributed by atoms with E-state index in [0.717, 1.165) is 22.4 Å². The minimum Gasteiger partial charge on any atom is -0.464 e. The van der Waals surface area contributed by atoms with Crippen LogP contribution in [0.1, 0.15) is 40.3 Å². The molecule has 0 saturated heterocycles. The quantitative estimate of drug-likeness (QED) is 0.499. The fraction of sp³-hybridized carbons (Fsp3) is 0.190. The van der Waals surface area contributed by atoms with Crippen LogP contribution in [0.15, 0.2) is 69.6 Å². The highest BCUT2D eigenvalue weighted by Gasteiger charge is 2.41. The molecule has 3 heterocycles. The minimum absolute atomic E-state index is 0.170. The average Bonchev–Trinajstić information content (AvgIpc) is 3.32. The number of benzene rings is 2. The highest BCUT2D eigenvalue weighted by atomic mass is 79.9. The molecule has 0 saturated carbocycles. The normalized spacial score (nSPS) is 21.0. The molecule has 0 radical (unpaired) electrons. The SMILES string of the molecule is Cc1ccc(C2=NN3C(C2)c2cc(Br)ccc2OC3c2cccs2)cc1. The van der Waals surface area contributed by atoms with Gasteiger partial charge in [-0.3, -0.25) is 0 Å². The van der Waals surface area contributed by atoms with Crippen LogP contribution in [0.2, 0.25) is 0 Å². The molecule has 0 bridgehead atoms. The summed E-state index contributed by atoms with van der Waals surface area (Å²) in [5.74, 6) is 0.952. The second kappa shape index (κ2) is 6.25. The Morgan fingerprint density at radius 3 is 2.77 bits per heavy atom. The van der Waals surface area contributed by atoms with Crippen LogP contribution in [0, 0.1) is 6.92 Å². The van der Waals surface area contributed by atoms with Gasteiger partial charge in [-0.05, 0) is 42.1 Å². The molecule has 1 aromatic heterocycles. The van der Waals surface area contributed by atoms with E-state index < -0.39 is 0 Å². The molecule has 0 N–H and O–H groups in total. The van der Waals surface area contributed by atoms with Gasteiger partial charge in [-0.1, -0.05) is 51.8 Å². The largest absolute Gasteiger partial charge is 0.464 e. The molecule has 2 aliphatic heterocycles. The van der Waals surface area contributed by atoms with Crippen LogP contribution in [-0.4, -0.2) is 10.7 Å². The summed E-state index contributed by atoms with van der Waals surface area (Å²) in [6.07, 6.45) is 0.717. The number of rotatable bonds is 2. The van der Waals surface area contributed by atoms with E-state index in [9.17, 15) is 0 Å². The number of aryl methyl sites for hydroxylation is 1. The molecule has 2 aromatic carbocycles. The smallest absolute Gasteiger partial charge is 0.222 e. The van der Waals surface area contributed by atoms with Crippen molar-refractivity contribution in [2.45, 2.75) is 25.6 Å². The van der Waals surface area contributed by atoms with Crippen molar-refractivity contribution in [3.05, 3.63) is 86.0 Å². The Morgan fingerprint density at radius 2 is 2.00 bits per heavy atom. The van der Waals surface area contributed by atoms with Crippen LogP contribution >= 0.6 is 27.3 Å². The van der Waals surface area contributed by atoms with Gasteiger partial charge in [0, 0.05) is 16.5 Å². The van der Waals surface area contributed by atoms with Gasteiger partial charge in [0.25, 0.3) is 0 Å². The lowest BCUT2D eigenvalue weighted by molar-refractivity contribution is -0.0166. The summed E-state index contributed by atoms with van der Waals surface area (Å²) in [4.78, 5) is 1.18. The zero-order valence-corrected chi connectivity index (χ0v) is 16.6. The second-order valence-corrected chi connectivity index (χ2v) is 8.58. The van der Waals surface area contributed by atoms with Gasteiger partial charge in [0.1, 0.15) is 5.75 Å². The molecule has 2 aliphatic rings. The zero-order valence-electron chi connectivity index (χ0n) is 14.2. The second-order valence-electron chi connectivity index (χ2n) is 6.68. The molecule has 0 amide bonds. The highest BCUT2D eigenvalue weighted by Crippen LogP contribution is 2.48. The molecule has 5 heteroatoms. The van der Waals surface area contributed by atoms with Crippen molar-refractivity contribution < 1.29 is 4.74 Å². The molecule has 0 fully saturated rings. The topological polar surface area (TPSA) is 24.8 Å². The fourth-order valence-corrected chi connectivity index (χ4v) is 4.72. The molecule has 0 aliphatic carbocycles. The van der Waals surface area contributed by atoms with E-state index in [1.165, 1.54) is 21.6 Å². The van der Waals surface area contributed by atoms with E-state index in [-0.39, 0.29) is 12.3 Å². The third-order valence-electron chi connectivity index (χ3n) is 4.92. The number of hydrogen-bond acceptors (Lipinski definition) is 4. The van der Waals surface area contributed by atoms with Crippen molar-refractivity contribution in [1.29, 1.82) is 0 Å². The van der Waals surface area contributed by atoms with E-state index in [1.807, 2.05) is 6.07 Å². The van der Waals surface area contributed by atoms with Crippen LogP contribution in [0.3, 0.4) is 0 Å². The Hall–Kier alpha value is -2.11. The average molecular weight is 425 g/mol. The predicted molar refractivity (Wildman–Crippen MR) is 109 cm³/mol. The number of nitrogens with zero attached hydrogens (tertiary/aromatic N) is 2. The number of hydrazone groups is 1. The molecule has 3 aromatic rings. The first kappa shape index (κ1) is 16.1. The van der Waals surface area contributed by atoms with Crippen molar-refractivity contribution in [2.24, 2.45) is 5.10 Å². The predicted octanol–water partition coefficient (Wildman–Crippen LogP) is 6.06. The lowest BCUT2D eigenvalue weighted by Crippen LogP contribution is -2.33. The van der Waals surface area contributed by atoms with Crippen LogP contribution in [0.4, 0.5) is 0 Å². The summed E-state index contributed by atoms with van der Waals surface area (Å²) in [5, 5.41) is 9.22. The third kappa shape index (κ3) is 2.66. The Labute approximate surface area is 165 Å². The molecular formula is C21H17BrN2OS. The Bertz CT molecular complexity index is 982. The van der Waals surface area contributed by atoms with E-state index >= 15 is 0 Å². The van der Waals surface area contributed by atoms with Crippen molar-refractivity contribution >= 4 is 33.0 Å². The van der Waals surface area contributed by atoms with Gasteiger partial charge in [0.05, 0.1) is 16.6 Å². The van der Waals surface area contributed by atoms with Gasteiger partial charge < -0.3 is 4.74 Å². The molecule has 2 atom stereocenters. The van der Waals surface area contributed by atoms with Crippen molar-refractivity contribution in [3.63, 3.8) is 0 Å². The molecular weight excluding hydrogens is 408 g/mol. The number of halogens is 1. The van der Waals surface area contributed by atoms with E-state index in [1.54, 1.807) is 11.3 Å². The number of hydrogen-bond donors (Lipinski definition) is 0. The number of thiophene rings is 1. The first-order chi connectivity index (χ1) is 12.7. The van der Waals surface area contributed by atoms with Crippen molar-refractivity contribution in [3.8, 4) is 5.75 Å². The lowest BCUT2D eigenvalue weighted by atomic mass is 9.96. The van der Waals surface area contributed by atoms with Gasteiger partial charge >= 0.3 is 0 Å². The summed E-state index contributed by atoms with van der Waals surface area (Å²) in [6, 6.07) is 19.2. The summed E-state index contributed by atoms with van der Waals surface area (Å²) in [5.41, 5.74) is 4.76. The number of fused-ring (bicyclic) bond motifs is 3. The molecule has 130 valence electrons. The van der Waals surface area contributed by atoms with Gasteiger partial charge in [-0.25, -0.2) is 5.01 Å². The number of ether oxygens (including phenoxy) is 1. The molecule has 2 unspecified atom stereocenters. The molecule has 0 spiro atoms. The molecule has 26 heavy (non-hydrogen) atoms. The Balaban J connectivity index is 1.60. The summed E-state index contributed by atoms with van der Waals surface area (Å²) in [6.45, 7) is 2.11. The minimum atomic E-state index is -0.170. The first-order valence-corrected chi connectivity index (χ1v) is 10.3. The van der Waals surface area contributed by atoms with E-state index in [0.29, 0.717) is 0 Å². The summed E-state index contributed by atoms with van der Waals surface area (Å²) in [7, 11) is 0. The standard InChI is InChI=1S/C21H17BrN2OS/c1-13-4-6-14(7-5-13)17-12-18-16-11-15(22)8-9-19(16)25-21(24(18)23-17)20-3-2-10-26-20/h2-11,18,21H,12H2,1H3. The molecule has 3 nitrogen and oxygen atoms in total. The van der Waals surface area contributed by atoms with Crippen LogP contribution in [-0.2, 0) is 0 Å². The van der Waals surface area contributed by atoms with Gasteiger partial charge in [0.15, 0.2) is 0 Å². The zero-order chi connectivity index (χ0) is 17.7. The maximum atomic E-state index is 6.36. The van der Waals surface area contributed by atoms with Crippen molar-refractivity contribution in [1.82, 2.24) is 5.01 Å². The maximum Gasteiger partial charge on any atom is 0.222 e. The van der Waals surface area contributed by atoms with Gasteiger partial charge in [-0.2, -0.15) is 5.10 Å². The fourth-order valence-electron chi connectivity index (χ4n) is 3.60. The van der Waals surface area contributed by atoms with E-state index in [2.05, 4.69) is 81.8 Å². The Morgan fingerprint density at radius 1 is 1.15 bits per heavy atom. The van der Waals surface area contributed by atoms with E-state index in [4.69, 9.17) is 9.84 Å². The van der Waals surface area contributed by atoms with Gasteiger partial charge in [-0.15, -0.1) is 11.3 Å². The van der Waals surface area contributed by atoms with Crippen LogP contribution in [0.5, 0.6) is 5.75 Å². The molecule has 5 rings (SSSR count). The monoisotopic (exact) mass is 424 g/mol. The third-order valence-corrected chi connectivity index (χ3v) is 6.32. The Kier molecular flexibility index (Phi) is 3.87. The van der Waals surface area contributed by atoms with Crippen molar-refractivity contribution in [2.75, 3.05) is 0 Å².